The van der Waals surface area contributed by atoms with Crippen LogP contribution in [-0.4, -0.2) is 40.7 Å². The number of hydrogen-bond donors (Lipinski definition) is 0. The Morgan fingerprint density at radius 3 is 2.48 bits per heavy atom. The van der Waals surface area contributed by atoms with E-state index in [2.05, 4.69) is 20.8 Å². The highest BCUT2D eigenvalue weighted by Gasteiger charge is 2.52. The zero-order valence-electron chi connectivity index (χ0n) is 15.9. The Kier molecular flexibility index (Phi) is 4.65. The van der Waals surface area contributed by atoms with Crippen molar-refractivity contribution in [3.8, 4) is 0 Å². The fourth-order valence-corrected chi connectivity index (χ4v) is 5.09. The van der Waals surface area contributed by atoms with Gasteiger partial charge in [0.1, 0.15) is 0 Å². The molecule has 136 valence electrons. The van der Waals surface area contributed by atoms with Crippen LogP contribution in [0.25, 0.3) is 0 Å². The van der Waals surface area contributed by atoms with Gasteiger partial charge >= 0.3 is 11.8 Å². The average molecular weight is 342 g/mol. The van der Waals surface area contributed by atoms with Gasteiger partial charge < -0.3 is 9.80 Å². The van der Waals surface area contributed by atoms with Crippen LogP contribution in [0.1, 0.15) is 52.5 Å². The summed E-state index contributed by atoms with van der Waals surface area (Å²) in [7, 11) is 0. The predicted octanol–water partition coefficient (Wildman–Crippen LogP) is 3.46. The summed E-state index contributed by atoms with van der Waals surface area (Å²) >= 11 is 0. The third kappa shape index (κ3) is 3.73. The quantitative estimate of drug-likeness (QED) is 0.789. The molecule has 0 spiro atoms. The van der Waals surface area contributed by atoms with Gasteiger partial charge in [-0.05, 0) is 42.6 Å². The minimum atomic E-state index is -0.361. The standard InChI is InChI=1S/C21H30N2O2/c1-5-22(13-16-9-7-6-8-10-16)18(24)19(25)23-15-21(4)12-17(23)11-20(2,3)14-21/h6-10,17H,5,11-15H2,1-4H3. The molecule has 1 aromatic carbocycles. The molecule has 4 nitrogen and oxygen atoms in total. The molecule has 1 saturated carbocycles. The lowest BCUT2D eigenvalue weighted by Crippen LogP contribution is -2.47. The van der Waals surface area contributed by atoms with Crippen LogP contribution in [0.5, 0.6) is 0 Å². The number of nitrogens with zero attached hydrogens (tertiary/aromatic N) is 2. The largest absolute Gasteiger partial charge is 0.331 e. The summed E-state index contributed by atoms with van der Waals surface area (Å²) in [5, 5.41) is 0. The van der Waals surface area contributed by atoms with E-state index in [0.717, 1.165) is 24.8 Å². The van der Waals surface area contributed by atoms with E-state index in [-0.39, 0.29) is 28.7 Å². The van der Waals surface area contributed by atoms with E-state index in [9.17, 15) is 9.59 Å². The van der Waals surface area contributed by atoms with E-state index in [1.807, 2.05) is 42.2 Å². The topological polar surface area (TPSA) is 40.6 Å². The van der Waals surface area contributed by atoms with Crippen LogP contribution in [0.4, 0.5) is 0 Å². The second-order valence-electron chi connectivity index (χ2n) is 8.95. The Balaban J connectivity index is 1.72. The van der Waals surface area contributed by atoms with Crippen LogP contribution >= 0.6 is 0 Å². The zero-order chi connectivity index (χ0) is 18.2. The number of hydrogen-bond acceptors (Lipinski definition) is 2. The van der Waals surface area contributed by atoms with Crippen molar-refractivity contribution >= 4 is 11.8 Å². The van der Waals surface area contributed by atoms with Gasteiger partial charge in [0.05, 0.1) is 0 Å². The molecule has 25 heavy (non-hydrogen) atoms. The van der Waals surface area contributed by atoms with Crippen molar-refractivity contribution in [3.05, 3.63) is 35.9 Å². The van der Waals surface area contributed by atoms with E-state index < -0.39 is 0 Å². The first-order chi connectivity index (χ1) is 11.7. The molecule has 2 atom stereocenters. The molecule has 0 N–H and O–H groups in total. The van der Waals surface area contributed by atoms with Crippen molar-refractivity contribution in [1.29, 1.82) is 0 Å². The third-order valence-electron chi connectivity index (χ3n) is 5.74. The molecule has 1 saturated heterocycles. The molecule has 1 aromatic rings. The second kappa shape index (κ2) is 6.47. The number of carbonyl (C=O) groups excluding carboxylic acids is 2. The molecular formula is C21H30N2O2. The normalized spacial score (nSPS) is 27.2. The summed E-state index contributed by atoms with van der Waals surface area (Å²) < 4.78 is 0. The fraction of sp³-hybridized carbons (Fsp3) is 0.619. The SMILES string of the molecule is CCN(Cc1ccccc1)C(=O)C(=O)N1CC2(C)CC1CC(C)(C)C2. The maximum absolute atomic E-state index is 13.0. The highest BCUT2D eigenvalue weighted by atomic mass is 16.2. The van der Waals surface area contributed by atoms with E-state index in [1.165, 1.54) is 0 Å². The van der Waals surface area contributed by atoms with Crippen LogP contribution in [0.3, 0.4) is 0 Å². The molecular weight excluding hydrogens is 312 g/mol. The number of carbonyl (C=O) groups is 2. The Labute approximate surface area is 151 Å². The number of likely N-dealkylation sites (tertiary alicyclic amines) is 1. The van der Waals surface area contributed by atoms with Crippen molar-refractivity contribution in [1.82, 2.24) is 9.80 Å². The number of rotatable bonds is 3. The van der Waals surface area contributed by atoms with Gasteiger partial charge in [-0.2, -0.15) is 0 Å². The average Bonchev–Trinajstić information content (AvgIpc) is 2.81. The van der Waals surface area contributed by atoms with Gasteiger partial charge in [-0.3, -0.25) is 9.59 Å². The molecule has 4 heteroatoms. The fourth-order valence-electron chi connectivity index (χ4n) is 5.09. The van der Waals surface area contributed by atoms with Gasteiger partial charge in [0.15, 0.2) is 0 Å². The predicted molar refractivity (Wildman–Crippen MR) is 98.8 cm³/mol. The highest BCUT2D eigenvalue weighted by Crippen LogP contribution is 2.52. The number of fused-ring (bicyclic) bond motifs is 2. The van der Waals surface area contributed by atoms with Gasteiger partial charge in [-0.25, -0.2) is 0 Å². The van der Waals surface area contributed by atoms with Crippen LogP contribution in [0, 0.1) is 10.8 Å². The Bertz CT molecular complexity index is 655. The summed E-state index contributed by atoms with van der Waals surface area (Å²) in [6.45, 7) is 10.5. The lowest BCUT2D eigenvalue weighted by atomic mass is 9.65. The Morgan fingerprint density at radius 1 is 1.16 bits per heavy atom. The van der Waals surface area contributed by atoms with Crippen molar-refractivity contribution in [2.75, 3.05) is 13.1 Å². The zero-order valence-corrected chi connectivity index (χ0v) is 15.9. The summed E-state index contributed by atoms with van der Waals surface area (Å²) in [6.07, 6.45) is 3.14. The molecule has 2 unspecified atom stereocenters. The Hall–Kier alpha value is -1.84. The highest BCUT2D eigenvalue weighted by molar-refractivity contribution is 6.35. The number of amides is 2. The van der Waals surface area contributed by atoms with Crippen molar-refractivity contribution in [2.24, 2.45) is 10.8 Å². The van der Waals surface area contributed by atoms with Crippen molar-refractivity contribution < 1.29 is 9.59 Å². The summed E-state index contributed by atoms with van der Waals surface area (Å²) in [4.78, 5) is 29.3. The first-order valence-corrected chi connectivity index (χ1v) is 9.37. The molecule has 1 heterocycles. The molecule has 2 amide bonds. The maximum Gasteiger partial charge on any atom is 0.312 e. The van der Waals surface area contributed by atoms with Gasteiger partial charge in [0, 0.05) is 25.7 Å². The van der Waals surface area contributed by atoms with Gasteiger partial charge in [0.2, 0.25) is 0 Å². The summed E-state index contributed by atoms with van der Waals surface area (Å²) in [5.74, 6) is -0.676. The van der Waals surface area contributed by atoms with Crippen LogP contribution < -0.4 is 0 Å². The molecule has 0 radical (unpaired) electrons. The molecule has 3 rings (SSSR count). The first-order valence-electron chi connectivity index (χ1n) is 9.37. The van der Waals surface area contributed by atoms with Gasteiger partial charge in [-0.15, -0.1) is 0 Å². The van der Waals surface area contributed by atoms with Gasteiger partial charge in [0.25, 0.3) is 0 Å². The van der Waals surface area contributed by atoms with E-state index >= 15 is 0 Å². The maximum atomic E-state index is 13.0. The second-order valence-corrected chi connectivity index (χ2v) is 8.95. The molecule has 0 aromatic heterocycles. The molecule has 2 aliphatic rings. The minimum absolute atomic E-state index is 0.152. The summed E-state index contributed by atoms with van der Waals surface area (Å²) in [5.41, 5.74) is 1.45. The first kappa shape index (κ1) is 18.0. The monoisotopic (exact) mass is 342 g/mol. The van der Waals surface area contributed by atoms with Crippen molar-refractivity contribution in [3.63, 3.8) is 0 Å². The van der Waals surface area contributed by atoms with E-state index in [1.54, 1.807) is 4.90 Å². The summed E-state index contributed by atoms with van der Waals surface area (Å²) in [6, 6.07) is 10.1. The minimum Gasteiger partial charge on any atom is -0.331 e. The molecule has 1 aliphatic heterocycles. The van der Waals surface area contributed by atoms with Crippen LogP contribution in [0.15, 0.2) is 30.3 Å². The third-order valence-corrected chi connectivity index (χ3v) is 5.74. The lowest BCUT2D eigenvalue weighted by molar-refractivity contribution is -0.152. The number of benzene rings is 1. The lowest BCUT2D eigenvalue weighted by Gasteiger charge is -2.39. The van der Waals surface area contributed by atoms with Gasteiger partial charge in [-0.1, -0.05) is 51.1 Å². The van der Waals surface area contributed by atoms with Crippen molar-refractivity contribution in [2.45, 2.75) is 59.5 Å². The molecule has 2 bridgehead atoms. The smallest absolute Gasteiger partial charge is 0.312 e. The Morgan fingerprint density at radius 2 is 1.84 bits per heavy atom. The number of likely N-dealkylation sites (N-methyl/N-ethyl adjacent to an activating group) is 1. The molecule has 1 aliphatic carbocycles. The van der Waals surface area contributed by atoms with Crippen LogP contribution in [0.2, 0.25) is 0 Å². The van der Waals surface area contributed by atoms with Crippen LogP contribution in [-0.2, 0) is 16.1 Å². The molecule has 2 fully saturated rings. The van der Waals surface area contributed by atoms with E-state index in [4.69, 9.17) is 0 Å². The van der Waals surface area contributed by atoms with E-state index in [0.29, 0.717) is 19.6 Å².